The minimum Gasteiger partial charge on any atom is -0.464 e. The van der Waals surface area contributed by atoms with Crippen molar-refractivity contribution >= 4 is 29.3 Å². The highest BCUT2D eigenvalue weighted by Gasteiger charge is 2.32. The number of nitrogens with one attached hydrogen (secondary N) is 2. The molecule has 0 spiro atoms. The van der Waals surface area contributed by atoms with Crippen molar-refractivity contribution in [2.24, 2.45) is 0 Å². The molecule has 0 aliphatic carbocycles. The van der Waals surface area contributed by atoms with E-state index in [2.05, 4.69) is 15.6 Å². The number of carbonyl (C=O) groups is 2. The molecule has 0 saturated carbocycles. The Labute approximate surface area is 168 Å². The number of nitro groups is 1. The van der Waals surface area contributed by atoms with Crippen LogP contribution in [0, 0.1) is 10.1 Å². The van der Waals surface area contributed by atoms with Gasteiger partial charge in [0.2, 0.25) is 5.82 Å². The topological polar surface area (TPSA) is 136 Å². The molecule has 1 aliphatic rings. The summed E-state index contributed by atoms with van der Waals surface area (Å²) in [6, 6.07) is 1.09. The molecule has 1 saturated heterocycles. The normalized spacial score (nSPS) is 16.7. The summed E-state index contributed by atoms with van der Waals surface area (Å²) in [5, 5.41) is 17.2. The standard InChI is InChI=1S/C18H27N5O6/c1-18(2,3)29-17(25)20-11-7-6-8-22(10-11)13-9-12(16(24)28-5)21-15(19-4)14(13)23(26)27/h9,11H,6-8,10H2,1-5H3,(H,19,21)(H,20,25). The smallest absolute Gasteiger partial charge is 0.407 e. The Bertz CT molecular complexity index is 792. The third-order valence-electron chi connectivity index (χ3n) is 4.27. The minimum atomic E-state index is -0.696. The summed E-state index contributed by atoms with van der Waals surface area (Å²) in [5.41, 5.74) is -0.664. The molecule has 1 aromatic heterocycles. The summed E-state index contributed by atoms with van der Waals surface area (Å²) in [6.07, 6.45) is 0.861. The molecule has 1 fully saturated rings. The molecule has 1 aliphatic heterocycles. The van der Waals surface area contributed by atoms with Crippen molar-refractivity contribution in [3.63, 3.8) is 0 Å². The van der Waals surface area contributed by atoms with Gasteiger partial charge >= 0.3 is 17.7 Å². The molecule has 1 unspecified atom stereocenters. The van der Waals surface area contributed by atoms with Crippen LogP contribution in [0.25, 0.3) is 0 Å². The van der Waals surface area contributed by atoms with Gasteiger partial charge in [-0.05, 0) is 33.6 Å². The van der Waals surface area contributed by atoms with Crippen LogP contribution in [0.3, 0.4) is 0 Å². The molecule has 0 aromatic carbocycles. The van der Waals surface area contributed by atoms with E-state index in [1.54, 1.807) is 25.7 Å². The van der Waals surface area contributed by atoms with Crippen molar-refractivity contribution in [3.8, 4) is 0 Å². The van der Waals surface area contributed by atoms with Crippen LogP contribution < -0.4 is 15.5 Å². The quantitative estimate of drug-likeness (QED) is 0.426. The Morgan fingerprint density at radius 2 is 2.07 bits per heavy atom. The molecule has 0 radical (unpaired) electrons. The number of nitrogens with zero attached hydrogens (tertiary/aromatic N) is 3. The predicted octanol–water partition coefficient (Wildman–Crippen LogP) is 2.31. The highest BCUT2D eigenvalue weighted by Crippen LogP contribution is 2.36. The summed E-state index contributed by atoms with van der Waals surface area (Å²) < 4.78 is 9.99. The summed E-state index contributed by atoms with van der Waals surface area (Å²) in [5.74, 6) is -0.729. The van der Waals surface area contributed by atoms with Crippen LogP contribution in [0.4, 0.5) is 22.0 Å². The molecule has 29 heavy (non-hydrogen) atoms. The SMILES string of the molecule is CNc1nc(C(=O)OC)cc(N2CCCC(NC(=O)OC(C)(C)C)C2)c1[N+](=O)[O-]. The summed E-state index contributed by atoms with van der Waals surface area (Å²) >= 11 is 0. The number of amides is 1. The Morgan fingerprint density at radius 1 is 1.38 bits per heavy atom. The number of carbonyl (C=O) groups excluding carboxylic acids is 2. The second-order valence-corrected chi connectivity index (χ2v) is 7.65. The summed E-state index contributed by atoms with van der Waals surface area (Å²) in [7, 11) is 2.70. The number of hydrogen-bond acceptors (Lipinski definition) is 9. The average Bonchev–Trinajstić information content (AvgIpc) is 2.64. The lowest BCUT2D eigenvalue weighted by atomic mass is 10.0. The van der Waals surface area contributed by atoms with Crippen molar-refractivity contribution in [1.29, 1.82) is 0 Å². The van der Waals surface area contributed by atoms with E-state index in [9.17, 15) is 19.7 Å². The fourth-order valence-electron chi connectivity index (χ4n) is 3.12. The van der Waals surface area contributed by atoms with Gasteiger partial charge in [-0.1, -0.05) is 0 Å². The molecule has 2 heterocycles. The number of rotatable bonds is 5. The van der Waals surface area contributed by atoms with Crippen LogP contribution in [0.5, 0.6) is 0 Å². The Morgan fingerprint density at radius 3 is 2.62 bits per heavy atom. The first-order chi connectivity index (χ1) is 13.6. The molecular weight excluding hydrogens is 382 g/mol. The van der Waals surface area contributed by atoms with E-state index < -0.39 is 22.6 Å². The van der Waals surface area contributed by atoms with E-state index >= 15 is 0 Å². The van der Waals surface area contributed by atoms with Crippen molar-refractivity contribution in [2.75, 3.05) is 37.5 Å². The van der Waals surface area contributed by atoms with E-state index in [1.807, 2.05) is 0 Å². The second kappa shape index (κ2) is 8.93. The third kappa shape index (κ3) is 5.69. The number of ether oxygens (including phenoxy) is 2. The molecule has 2 N–H and O–H groups in total. The van der Waals surface area contributed by atoms with E-state index in [0.29, 0.717) is 25.9 Å². The highest BCUT2D eigenvalue weighted by atomic mass is 16.6. The maximum Gasteiger partial charge on any atom is 0.407 e. The first kappa shape index (κ1) is 22.2. The fraction of sp³-hybridized carbons (Fsp3) is 0.611. The number of esters is 1. The van der Waals surface area contributed by atoms with Crippen LogP contribution in [-0.2, 0) is 9.47 Å². The number of piperidine rings is 1. The van der Waals surface area contributed by atoms with E-state index in [1.165, 1.54) is 20.2 Å². The first-order valence-electron chi connectivity index (χ1n) is 9.25. The molecule has 1 atom stereocenters. The highest BCUT2D eigenvalue weighted by molar-refractivity contribution is 5.91. The lowest BCUT2D eigenvalue weighted by Crippen LogP contribution is -2.49. The van der Waals surface area contributed by atoms with E-state index in [4.69, 9.17) is 9.47 Å². The van der Waals surface area contributed by atoms with E-state index in [0.717, 1.165) is 0 Å². The second-order valence-electron chi connectivity index (χ2n) is 7.65. The van der Waals surface area contributed by atoms with Gasteiger partial charge in [0.15, 0.2) is 5.69 Å². The van der Waals surface area contributed by atoms with Gasteiger partial charge in [-0.3, -0.25) is 10.1 Å². The molecular formula is C18H27N5O6. The van der Waals surface area contributed by atoms with Crippen LogP contribution >= 0.6 is 0 Å². The first-order valence-corrected chi connectivity index (χ1v) is 9.25. The molecule has 11 heteroatoms. The van der Waals surface area contributed by atoms with Crippen LogP contribution in [0.15, 0.2) is 6.07 Å². The summed E-state index contributed by atoms with van der Waals surface area (Å²) in [6.45, 7) is 6.17. The van der Waals surface area contributed by atoms with Gasteiger partial charge in [0, 0.05) is 32.2 Å². The van der Waals surface area contributed by atoms with Crippen molar-refractivity contribution in [1.82, 2.24) is 10.3 Å². The summed E-state index contributed by atoms with van der Waals surface area (Å²) in [4.78, 5) is 41.0. The molecule has 11 nitrogen and oxygen atoms in total. The third-order valence-corrected chi connectivity index (χ3v) is 4.27. The van der Waals surface area contributed by atoms with Gasteiger partial charge in [0.05, 0.1) is 12.0 Å². The maximum atomic E-state index is 12.1. The van der Waals surface area contributed by atoms with Gasteiger partial charge < -0.3 is 25.0 Å². The Kier molecular flexibility index (Phi) is 6.83. The monoisotopic (exact) mass is 409 g/mol. The number of alkyl carbamates (subject to hydrolysis) is 1. The van der Waals surface area contributed by atoms with Gasteiger partial charge in [0.1, 0.15) is 11.3 Å². The zero-order chi connectivity index (χ0) is 21.8. The maximum absolute atomic E-state index is 12.1. The number of hydrogen-bond donors (Lipinski definition) is 2. The van der Waals surface area contributed by atoms with E-state index in [-0.39, 0.29) is 28.9 Å². The molecule has 0 bridgehead atoms. The number of pyridine rings is 1. The van der Waals surface area contributed by atoms with Gasteiger partial charge in [-0.25, -0.2) is 14.6 Å². The molecule has 160 valence electrons. The lowest BCUT2D eigenvalue weighted by molar-refractivity contribution is -0.383. The number of methoxy groups -OCH3 is 1. The largest absolute Gasteiger partial charge is 0.464 e. The number of anilines is 2. The van der Waals surface area contributed by atoms with Gasteiger partial charge in [-0.15, -0.1) is 0 Å². The van der Waals surface area contributed by atoms with Crippen LogP contribution in [0.2, 0.25) is 0 Å². The minimum absolute atomic E-state index is 0.0323. The van der Waals surface area contributed by atoms with Gasteiger partial charge in [-0.2, -0.15) is 0 Å². The van der Waals surface area contributed by atoms with Crippen molar-refractivity contribution < 1.29 is 24.0 Å². The average molecular weight is 409 g/mol. The van der Waals surface area contributed by atoms with Crippen molar-refractivity contribution in [2.45, 2.75) is 45.3 Å². The molecule has 1 amide bonds. The lowest BCUT2D eigenvalue weighted by Gasteiger charge is -2.35. The zero-order valence-corrected chi connectivity index (χ0v) is 17.3. The molecule has 1 aromatic rings. The van der Waals surface area contributed by atoms with Crippen molar-refractivity contribution in [3.05, 3.63) is 21.9 Å². The fourth-order valence-corrected chi connectivity index (χ4v) is 3.12. The predicted molar refractivity (Wildman–Crippen MR) is 106 cm³/mol. The Balaban J connectivity index is 2.32. The molecule has 2 rings (SSSR count). The van der Waals surface area contributed by atoms with Crippen LogP contribution in [-0.4, -0.2) is 60.9 Å². The zero-order valence-electron chi connectivity index (χ0n) is 17.3. The van der Waals surface area contributed by atoms with Crippen LogP contribution in [0.1, 0.15) is 44.1 Å². The van der Waals surface area contributed by atoms with Gasteiger partial charge in [0.25, 0.3) is 0 Å². The Hall–Kier alpha value is -3.11. The number of aromatic nitrogens is 1.